The number of thiophene rings is 1. The van der Waals surface area contributed by atoms with E-state index in [-0.39, 0.29) is 12.5 Å². The number of amides is 1. The summed E-state index contributed by atoms with van der Waals surface area (Å²) in [4.78, 5) is 13.7. The molecule has 2 aromatic heterocycles. The molecule has 9 heteroatoms. The van der Waals surface area contributed by atoms with E-state index in [0.29, 0.717) is 29.4 Å². The molecule has 7 nitrogen and oxygen atoms in total. The van der Waals surface area contributed by atoms with E-state index in [9.17, 15) is 13.2 Å². The summed E-state index contributed by atoms with van der Waals surface area (Å²) in [6.45, 7) is 2.50. The highest BCUT2D eigenvalue weighted by molar-refractivity contribution is 7.91. The van der Waals surface area contributed by atoms with Crippen molar-refractivity contribution in [1.82, 2.24) is 14.1 Å². The molecule has 3 heterocycles. The largest absolute Gasteiger partial charge is 0.309 e. The molecular formula is C20H22N4O3S2. The number of benzene rings is 1. The van der Waals surface area contributed by atoms with Crippen LogP contribution in [-0.4, -0.2) is 41.5 Å². The van der Waals surface area contributed by atoms with Crippen molar-refractivity contribution in [2.75, 3.05) is 18.4 Å². The lowest BCUT2D eigenvalue weighted by Gasteiger charge is -2.30. The molecule has 1 aliphatic heterocycles. The van der Waals surface area contributed by atoms with E-state index in [2.05, 4.69) is 10.4 Å². The van der Waals surface area contributed by atoms with Crippen LogP contribution in [0.1, 0.15) is 17.7 Å². The van der Waals surface area contributed by atoms with Crippen molar-refractivity contribution in [2.24, 2.45) is 5.92 Å². The van der Waals surface area contributed by atoms with Gasteiger partial charge in [-0.15, -0.1) is 11.3 Å². The topological polar surface area (TPSA) is 84.3 Å². The number of hydrogen-bond acceptors (Lipinski definition) is 5. The molecule has 0 radical (unpaired) electrons. The van der Waals surface area contributed by atoms with Crippen molar-refractivity contribution in [3.05, 3.63) is 59.6 Å². The van der Waals surface area contributed by atoms with E-state index in [4.69, 9.17) is 0 Å². The Morgan fingerprint density at radius 1 is 1.17 bits per heavy atom. The molecule has 1 N–H and O–H groups in total. The second kappa shape index (κ2) is 8.10. The number of para-hydroxylation sites is 1. The molecule has 1 saturated heterocycles. The fraction of sp³-hybridized carbons (Fsp3) is 0.300. The van der Waals surface area contributed by atoms with E-state index in [1.165, 1.54) is 15.6 Å². The minimum atomic E-state index is -3.56. The summed E-state index contributed by atoms with van der Waals surface area (Å²) in [7, 11) is -3.56. The van der Waals surface area contributed by atoms with Crippen molar-refractivity contribution < 1.29 is 13.2 Å². The summed E-state index contributed by atoms with van der Waals surface area (Å²) in [6.07, 6.45) is 3.09. The summed E-state index contributed by atoms with van der Waals surface area (Å²) in [5.41, 5.74) is 0.897. The third kappa shape index (κ3) is 4.26. The minimum Gasteiger partial charge on any atom is -0.309 e. The van der Waals surface area contributed by atoms with Crippen LogP contribution < -0.4 is 5.32 Å². The van der Waals surface area contributed by atoms with Crippen LogP contribution in [0, 0.1) is 12.8 Å². The SMILES string of the molecule is Cc1ccc(S(=O)(=O)N2CCCC(C(=O)Nc3ccn(-c4ccccc4)n3)C2)s1. The molecule has 1 fully saturated rings. The van der Waals surface area contributed by atoms with Crippen LogP contribution in [0.4, 0.5) is 5.82 Å². The fourth-order valence-corrected chi connectivity index (χ4v) is 6.36. The zero-order valence-corrected chi connectivity index (χ0v) is 17.6. The zero-order chi connectivity index (χ0) is 20.4. The van der Waals surface area contributed by atoms with Gasteiger partial charge in [0.2, 0.25) is 5.91 Å². The standard InChI is InChI=1S/C20H22N4O3S2/c1-15-9-10-19(28-15)29(26,27)23-12-5-6-16(14-23)20(25)21-18-11-13-24(22-18)17-7-3-2-4-8-17/h2-4,7-11,13,16H,5-6,12,14H2,1H3,(H,21,22,25). The Balaban J connectivity index is 1.44. The number of sulfonamides is 1. The lowest BCUT2D eigenvalue weighted by atomic mass is 9.99. The van der Waals surface area contributed by atoms with Gasteiger partial charge in [-0.1, -0.05) is 18.2 Å². The van der Waals surface area contributed by atoms with Crippen LogP contribution >= 0.6 is 11.3 Å². The smallest absolute Gasteiger partial charge is 0.252 e. The van der Waals surface area contributed by atoms with Crippen LogP contribution in [0.2, 0.25) is 0 Å². The Morgan fingerprint density at radius 2 is 1.97 bits per heavy atom. The molecule has 1 aliphatic rings. The van der Waals surface area contributed by atoms with Gasteiger partial charge in [0, 0.05) is 30.2 Å². The number of rotatable bonds is 5. The van der Waals surface area contributed by atoms with Gasteiger partial charge in [-0.3, -0.25) is 4.79 Å². The molecule has 3 aromatic rings. The molecule has 0 bridgehead atoms. The minimum absolute atomic E-state index is 0.185. The molecular weight excluding hydrogens is 408 g/mol. The lowest BCUT2D eigenvalue weighted by molar-refractivity contribution is -0.120. The second-order valence-electron chi connectivity index (χ2n) is 7.04. The molecule has 0 aliphatic carbocycles. The van der Waals surface area contributed by atoms with E-state index in [1.54, 1.807) is 29.1 Å². The number of anilines is 1. The number of aromatic nitrogens is 2. The average Bonchev–Trinajstić information content (AvgIpc) is 3.38. The third-order valence-electron chi connectivity index (χ3n) is 4.93. The zero-order valence-electron chi connectivity index (χ0n) is 16.0. The van der Waals surface area contributed by atoms with Gasteiger partial charge in [0.25, 0.3) is 10.0 Å². The van der Waals surface area contributed by atoms with Crippen LogP contribution in [-0.2, 0) is 14.8 Å². The first-order chi connectivity index (χ1) is 13.9. The summed E-state index contributed by atoms with van der Waals surface area (Å²) in [6, 6.07) is 14.8. The predicted octanol–water partition coefficient (Wildman–Crippen LogP) is 3.28. The highest BCUT2D eigenvalue weighted by Crippen LogP contribution is 2.28. The number of nitrogens with zero attached hydrogens (tertiary/aromatic N) is 3. The van der Waals surface area contributed by atoms with Gasteiger partial charge in [-0.2, -0.15) is 9.40 Å². The first-order valence-electron chi connectivity index (χ1n) is 9.42. The predicted molar refractivity (Wildman–Crippen MR) is 113 cm³/mol. The van der Waals surface area contributed by atoms with Gasteiger partial charge >= 0.3 is 0 Å². The summed E-state index contributed by atoms with van der Waals surface area (Å²) in [5.74, 6) is -0.153. The van der Waals surface area contributed by atoms with Crippen molar-refractivity contribution in [3.63, 3.8) is 0 Å². The summed E-state index contributed by atoms with van der Waals surface area (Å²) < 4.78 is 29.2. The Bertz CT molecular complexity index is 1110. The van der Waals surface area contributed by atoms with Gasteiger partial charge in [-0.05, 0) is 44.0 Å². The fourth-order valence-electron chi connectivity index (χ4n) is 3.40. The van der Waals surface area contributed by atoms with Gasteiger partial charge < -0.3 is 5.32 Å². The molecule has 1 unspecified atom stereocenters. The Morgan fingerprint density at radius 3 is 2.69 bits per heavy atom. The summed E-state index contributed by atoms with van der Waals surface area (Å²) >= 11 is 1.26. The van der Waals surface area contributed by atoms with E-state index in [0.717, 1.165) is 10.6 Å². The second-order valence-corrected chi connectivity index (χ2v) is 10.5. The summed E-state index contributed by atoms with van der Waals surface area (Å²) in [5, 5.41) is 7.22. The highest BCUT2D eigenvalue weighted by atomic mass is 32.2. The number of piperidine rings is 1. The lowest BCUT2D eigenvalue weighted by Crippen LogP contribution is -2.43. The van der Waals surface area contributed by atoms with E-state index in [1.807, 2.05) is 37.3 Å². The van der Waals surface area contributed by atoms with E-state index >= 15 is 0 Å². The maximum atomic E-state index is 12.9. The van der Waals surface area contributed by atoms with Gasteiger partial charge in [0.05, 0.1) is 11.6 Å². The number of carbonyl (C=O) groups is 1. The van der Waals surface area contributed by atoms with Crippen molar-refractivity contribution in [1.29, 1.82) is 0 Å². The van der Waals surface area contributed by atoms with Gasteiger partial charge in [0.15, 0.2) is 5.82 Å². The number of carbonyl (C=O) groups excluding carboxylic acids is 1. The molecule has 1 atom stereocenters. The van der Waals surface area contributed by atoms with Crippen LogP contribution in [0.25, 0.3) is 5.69 Å². The quantitative estimate of drug-likeness (QED) is 0.673. The van der Waals surface area contributed by atoms with Crippen molar-refractivity contribution in [3.8, 4) is 5.69 Å². The Labute approximate surface area is 174 Å². The van der Waals surface area contributed by atoms with Gasteiger partial charge in [0.1, 0.15) is 4.21 Å². The highest BCUT2D eigenvalue weighted by Gasteiger charge is 2.34. The molecule has 1 aromatic carbocycles. The monoisotopic (exact) mass is 430 g/mol. The van der Waals surface area contributed by atoms with Crippen molar-refractivity contribution >= 4 is 33.1 Å². The van der Waals surface area contributed by atoms with Crippen LogP contribution in [0.15, 0.2) is 58.9 Å². The normalized spacial score (nSPS) is 17.9. The van der Waals surface area contributed by atoms with Gasteiger partial charge in [-0.25, -0.2) is 13.1 Å². The Hall–Kier alpha value is -2.49. The number of hydrogen-bond donors (Lipinski definition) is 1. The molecule has 0 saturated carbocycles. The molecule has 0 spiro atoms. The van der Waals surface area contributed by atoms with Crippen LogP contribution in [0.5, 0.6) is 0 Å². The number of nitrogens with one attached hydrogen (secondary N) is 1. The maximum Gasteiger partial charge on any atom is 0.252 e. The Kier molecular flexibility index (Phi) is 5.53. The van der Waals surface area contributed by atoms with Crippen molar-refractivity contribution in [2.45, 2.75) is 24.0 Å². The molecule has 4 rings (SSSR count). The molecule has 29 heavy (non-hydrogen) atoms. The van der Waals surface area contributed by atoms with E-state index < -0.39 is 15.9 Å². The third-order valence-corrected chi connectivity index (χ3v) is 8.26. The number of aryl methyl sites for hydroxylation is 1. The average molecular weight is 431 g/mol. The maximum absolute atomic E-state index is 12.9. The molecule has 1 amide bonds. The molecule has 152 valence electrons. The first-order valence-corrected chi connectivity index (χ1v) is 11.7. The van der Waals surface area contributed by atoms with Crippen LogP contribution in [0.3, 0.4) is 0 Å². The first kappa shape index (κ1) is 19.8.